The van der Waals surface area contributed by atoms with Crippen molar-refractivity contribution in [2.24, 2.45) is 0 Å². The number of carbonyl (C=O) groups is 2. The number of hydrogen-bond donors (Lipinski definition) is 1. The molecule has 1 unspecified atom stereocenters. The molecule has 9 nitrogen and oxygen atoms in total. The number of nitrogens with zero attached hydrogens (tertiary/aromatic N) is 1. The van der Waals surface area contributed by atoms with E-state index in [9.17, 15) is 19.0 Å². The summed E-state index contributed by atoms with van der Waals surface area (Å²) < 4.78 is 34.2. The quantitative estimate of drug-likeness (QED) is 0.0221. The van der Waals surface area contributed by atoms with E-state index in [0.29, 0.717) is 23.9 Å². The first-order chi connectivity index (χ1) is 25.5. The van der Waals surface area contributed by atoms with E-state index in [2.05, 4.69) is 74.6 Å². The fourth-order valence-corrected chi connectivity index (χ4v) is 5.72. The van der Waals surface area contributed by atoms with Gasteiger partial charge in [-0.25, -0.2) is 4.57 Å². The Kier molecular flexibility index (Phi) is 33.9. The molecule has 0 aromatic heterocycles. The molecule has 53 heavy (non-hydrogen) atoms. The zero-order valence-electron chi connectivity index (χ0n) is 34.2. The fourth-order valence-electron chi connectivity index (χ4n) is 4.98. The summed E-state index contributed by atoms with van der Waals surface area (Å²) >= 11 is 0. The van der Waals surface area contributed by atoms with Crippen molar-refractivity contribution in [1.29, 1.82) is 0 Å². The molecule has 306 valence electrons. The number of rotatable bonds is 36. The third-order valence-electron chi connectivity index (χ3n) is 8.27. The van der Waals surface area contributed by atoms with Crippen LogP contribution in [-0.2, 0) is 32.7 Å². The average Bonchev–Trinajstić information content (AvgIpc) is 3.10. The minimum absolute atomic E-state index is 0.0201. The van der Waals surface area contributed by atoms with Crippen LogP contribution in [0.3, 0.4) is 0 Å². The summed E-state index contributed by atoms with van der Waals surface area (Å²) in [6, 6.07) is 0. The standard InChI is InChI=1S/C43H76NO8P/c1-6-8-10-12-14-16-18-20-22-24-25-27-29-31-33-35-42(45)49-39-41(40-51-53(47,48)50-38-37-44(3,4)5)52-43(46)36-34-32-30-28-26-23-21-19-17-15-13-11-9-7-2/h13-16,19-22,25,27,41H,6-12,17-18,23-24,26,28-40H2,1-5H3/p+1/b15-13-,16-14-,21-19-,22-20-,27-25-/t41-/m1/s1. The second-order valence-corrected chi connectivity index (χ2v) is 16.1. The molecule has 0 fully saturated rings. The van der Waals surface area contributed by atoms with Crippen molar-refractivity contribution in [1.82, 2.24) is 0 Å². The van der Waals surface area contributed by atoms with Crippen molar-refractivity contribution in [3.05, 3.63) is 60.8 Å². The molecule has 0 bridgehead atoms. The molecule has 0 radical (unpaired) electrons. The monoisotopic (exact) mass is 767 g/mol. The summed E-state index contributed by atoms with van der Waals surface area (Å²) in [5.74, 6) is -0.867. The van der Waals surface area contributed by atoms with E-state index in [1.807, 2.05) is 21.1 Å². The SMILES string of the molecule is CCCC/C=C\C/C=C\CCCCCCCC(=O)O[C@H](COC(=O)CCCC/C=C\C/C=C\C/C=C\CCCCC)COP(=O)(O)OCC[N+](C)(C)C. The summed E-state index contributed by atoms with van der Waals surface area (Å²) in [5.41, 5.74) is 0. The van der Waals surface area contributed by atoms with Gasteiger partial charge < -0.3 is 18.9 Å². The Morgan fingerprint density at radius 2 is 1.04 bits per heavy atom. The van der Waals surface area contributed by atoms with E-state index in [4.69, 9.17) is 18.5 Å². The predicted octanol–water partition coefficient (Wildman–Crippen LogP) is 11.3. The number of carbonyl (C=O) groups excluding carboxylic acids is 2. The maximum absolute atomic E-state index is 12.6. The number of likely N-dealkylation sites (N-methyl/N-ethyl adjacent to an activating group) is 1. The van der Waals surface area contributed by atoms with Gasteiger partial charge in [-0.2, -0.15) is 0 Å². The van der Waals surface area contributed by atoms with Crippen molar-refractivity contribution in [2.75, 3.05) is 47.5 Å². The highest BCUT2D eigenvalue weighted by Gasteiger charge is 2.27. The molecule has 0 saturated heterocycles. The van der Waals surface area contributed by atoms with Crippen LogP contribution in [0.2, 0.25) is 0 Å². The molecule has 10 heteroatoms. The van der Waals surface area contributed by atoms with Gasteiger partial charge >= 0.3 is 19.8 Å². The van der Waals surface area contributed by atoms with Gasteiger partial charge in [0, 0.05) is 12.8 Å². The summed E-state index contributed by atoms with van der Waals surface area (Å²) in [5, 5.41) is 0. The van der Waals surface area contributed by atoms with E-state index in [0.717, 1.165) is 77.0 Å². The van der Waals surface area contributed by atoms with Crippen molar-refractivity contribution < 1.29 is 42.1 Å². The van der Waals surface area contributed by atoms with Crippen LogP contribution in [0.4, 0.5) is 0 Å². The molecular formula is C43H77NO8P+. The summed E-state index contributed by atoms with van der Waals surface area (Å²) in [6.45, 7) is 4.26. The molecule has 0 aliphatic heterocycles. The Bertz CT molecular complexity index is 1090. The highest BCUT2D eigenvalue weighted by molar-refractivity contribution is 7.47. The van der Waals surface area contributed by atoms with E-state index in [1.165, 1.54) is 32.1 Å². The van der Waals surface area contributed by atoms with E-state index < -0.39 is 32.5 Å². The van der Waals surface area contributed by atoms with Crippen LogP contribution in [0.25, 0.3) is 0 Å². The van der Waals surface area contributed by atoms with Crippen LogP contribution in [0.15, 0.2) is 60.8 Å². The number of ether oxygens (including phenoxy) is 2. The number of hydrogen-bond acceptors (Lipinski definition) is 7. The average molecular weight is 767 g/mol. The van der Waals surface area contributed by atoms with E-state index in [-0.39, 0.29) is 26.1 Å². The molecular weight excluding hydrogens is 689 g/mol. The Morgan fingerprint density at radius 3 is 1.60 bits per heavy atom. The van der Waals surface area contributed by atoms with Crippen molar-refractivity contribution >= 4 is 19.8 Å². The molecule has 2 atom stereocenters. The minimum atomic E-state index is -4.39. The lowest BCUT2D eigenvalue weighted by molar-refractivity contribution is -0.870. The molecule has 1 N–H and O–H groups in total. The zero-order valence-corrected chi connectivity index (χ0v) is 35.1. The van der Waals surface area contributed by atoms with Gasteiger partial charge in [-0.15, -0.1) is 0 Å². The first-order valence-corrected chi connectivity index (χ1v) is 22.0. The third kappa shape index (κ3) is 39.2. The number of esters is 2. The van der Waals surface area contributed by atoms with Crippen LogP contribution in [0, 0.1) is 0 Å². The largest absolute Gasteiger partial charge is 0.472 e. The highest BCUT2D eigenvalue weighted by atomic mass is 31.2. The normalized spacial score (nSPS) is 14.3. The summed E-state index contributed by atoms with van der Waals surface area (Å²) in [4.78, 5) is 35.2. The Morgan fingerprint density at radius 1 is 0.585 bits per heavy atom. The lowest BCUT2D eigenvalue weighted by atomic mass is 10.1. The molecule has 0 spiro atoms. The molecule has 0 heterocycles. The van der Waals surface area contributed by atoms with Gasteiger partial charge in [0.15, 0.2) is 6.10 Å². The van der Waals surface area contributed by atoms with Crippen molar-refractivity contribution in [3.8, 4) is 0 Å². The van der Waals surface area contributed by atoms with Gasteiger partial charge in [-0.05, 0) is 77.0 Å². The molecule has 0 aromatic rings. The van der Waals surface area contributed by atoms with Gasteiger partial charge in [-0.1, -0.05) is 120 Å². The van der Waals surface area contributed by atoms with Gasteiger partial charge in [0.05, 0.1) is 27.7 Å². The van der Waals surface area contributed by atoms with Crippen LogP contribution in [0.5, 0.6) is 0 Å². The van der Waals surface area contributed by atoms with Crippen LogP contribution < -0.4 is 0 Å². The number of unbranched alkanes of at least 4 members (excludes halogenated alkanes) is 12. The minimum Gasteiger partial charge on any atom is -0.462 e. The van der Waals surface area contributed by atoms with Crippen molar-refractivity contribution in [3.63, 3.8) is 0 Å². The Labute approximate surface area is 324 Å². The first kappa shape index (κ1) is 50.7. The molecule has 0 saturated carbocycles. The highest BCUT2D eigenvalue weighted by Crippen LogP contribution is 2.43. The van der Waals surface area contributed by atoms with E-state index in [1.54, 1.807) is 0 Å². The molecule has 0 amide bonds. The third-order valence-corrected chi connectivity index (χ3v) is 9.25. The van der Waals surface area contributed by atoms with Gasteiger partial charge in [0.25, 0.3) is 0 Å². The number of quaternary nitrogens is 1. The maximum atomic E-state index is 12.6. The maximum Gasteiger partial charge on any atom is 0.472 e. The van der Waals surface area contributed by atoms with E-state index >= 15 is 0 Å². The fraction of sp³-hybridized carbons (Fsp3) is 0.721. The molecule has 0 aliphatic rings. The second-order valence-electron chi connectivity index (χ2n) is 14.7. The Balaban J connectivity index is 4.51. The van der Waals surface area contributed by atoms with Crippen LogP contribution >= 0.6 is 7.82 Å². The molecule has 0 rings (SSSR count). The van der Waals surface area contributed by atoms with Crippen LogP contribution in [0.1, 0.15) is 149 Å². The van der Waals surface area contributed by atoms with Crippen LogP contribution in [-0.4, -0.2) is 74.9 Å². The number of phosphoric acid groups is 1. The topological polar surface area (TPSA) is 108 Å². The van der Waals surface area contributed by atoms with Crippen molar-refractivity contribution in [2.45, 2.75) is 155 Å². The first-order valence-electron chi connectivity index (χ1n) is 20.5. The Hall–Kier alpha value is -2.29. The second kappa shape index (κ2) is 35.4. The van der Waals surface area contributed by atoms with Gasteiger partial charge in [-0.3, -0.25) is 18.6 Å². The summed E-state index contributed by atoms with van der Waals surface area (Å²) in [6.07, 6.45) is 41.2. The van der Waals surface area contributed by atoms with Gasteiger partial charge in [0.2, 0.25) is 0 Å². The number of phosphoric ester groups is 1. The zero-order chi connectivity index (χ0) is 39.3. The molecule has 0 aromatic carbocycles. The lowest BCUT2D eigenvalue weighted by Gasteiger charge is -2.24. The lowest BCUT2D eigenvalue weighted by Crippen LogP contribution is -2.37. The molecule has 0 aliphatic carbocycles. The smallest absolute Gasteiger partial charge is 0.462 e. The van der Waals surface area contributed by atoms with Gasteiger partial charge in [0.1, 0.15) is 19.8 Å². The predicted molar refractivity (Wildman–Crippen MR) is 219 cm³/mol. The number of allylic oxidation sites excluding steroid dienone is 10. The summed E-state index contributed by atoms with van der Waals surface area (Å²) in [7, 11) is 1.43.